The fourth-order valence-corrected chi connectivity index (χ4v) is 1.44. The van der Waals surface area contributed by atoms with E-state index in [0.717, 1.165) is 18.8 Å². The van der Waals surface area contributed by atoms with Gasteiger partial charge in [0, 0.05) is 14.2 Å². The molecule has 0 saturated heterocycles. The predicted octanol–water partition coefficient (Wildman–Crippen LogP) is 1.23. The smallest absolute Gasteiger partial charge is 0.119 e. The van der Waals surface area contributed by atoms with Gasteiger partial charge >= 0.3 is 0 Å². The summed E-state index contributed by atoms with van der Waals surface area (Å²) in [5, 5.41) is 0. The minimum atomic E-state index is -0.0897. The van der Waals surface area contributed by atoms with Crippen LogP contribution in [-0.2, 0) is 15.9 Å². The molecule has 0 aliphatic rings. The van der Waals surface area contributed by atoms with E-state index in [9.17, 15) is 0 Å². The molecule has 96 valence electrons. The van der Waals surface area contributed by atoms with Crippen molar-refractivity contribution in [3.8, 4) is 5.75 Å². The maximum atomic E-state index is 5.76. The number of nitrogens with two attached hydrogens (primary N) is 1. The van der Waals surface area contributed by atoms with Gasteiger partial charge in [0.25, 0.3) is 0 Å². The molecule has 0 spiro atoms. The molecule has 17 heavy (non-hydrogen) atoms. The van der Waals surface area contributed by atoms with Crippen LogP contribution in [0.2, 0.25) is 0 Å². The first-order valence-corrected chi connectivity index (χ1v) is 5.71. The van der Waals surface area contributed by atoms with Gasteiger partial charge in [-0.1, -0.05) is 12.1 Å². The van der Waals surface area contributed by atoms with E-state index in [2.05, 4.69) is 0 Å². The Hall–Kier alpha value is -1.10. The van der Waals surface area contributed by atoms with E-state index < -0.39 is 0 Å². The van der Waals surface area contributed by atoms with Gasteiger partial charge in [-0.05, 0) is 24.1 Å². The highest BCUT2D eigenvalue weighted by Gasteiger charge is 2.02. The van der Waals surface area contributed by atoms with E-state index >= 15 is 0 Å². The number of benzene rings is 1. The molecule has 0 aromatic heterocycles. The molecule has 1 aromatic rings. The molecule has 1 rings (SSSR count). The molecule has 0 radical (unpaired) electrons. The van der Waals surface area contributed by atoms with E-state index in [1.54, 1.807) is 14.2 Å². The van der Waals surface area contributed by atoms with Crippen LogP contribution in [0, 0.1) is 0 Å². The average Bonchev–Trinajstić information content (AvgIpc) is 2.35. The van der Waals surface area contributed by atoms with Gasteiger partial charge in [-0.3, -0.25) is 0 Å². The zero-order valence-corrected chi connectivity index (χ0v) is 10.5. The van der Waals surface area contributed by atoms with Gasteiger partial charge in [0.1, 0.15) is 12.4 Å². The lowest BCUT2D eigenvalue weighted by Crippen LogP contribution is -2.32. The maximum Gasteiger partial charge on any atom is 0.119 e. The van der Waals surface area contributed by atoms with Gasteiger partial charge in [0.2, 0.25) is 0 Å². The van der Waals surface area contributed by atoms with E-state index in [-0.39, 0.29) is 6.04 Å². The summed E-state index contributed by atoms with van der Waals surface area (Å²) in [6.45, 7) is 1.70. The zero-order valence-electron chi connectivity index (χ0n) is 10.5. The van der Waals surface area contributed by atoms with Crippen molar-refractivity contribution in [2.45, 2.75) is 12.5 Å². The van der Waals surface area contributed by atoms with E-state index in [0.29, 0.717) is 13.2 Å². The van der Waals surface area contributed by atoms with Crippen LogP contribution in [0.5, 0.6) is 5.75 Å². The number of methoxy groups -OCH3 is 2. The lowest BCUT2D eigenvalue weighted by molar-refractivity contribution is 0.152. The van der Waals surface area contributed by atoms with E-state index in [1.165, 1.54) is 5.56 Å². The van der Waals surface area contributed by atoms with Crippen molar-refractivity contribution >= 4 is 0 Å². The highest BCUT2D eigenvalue weighted by atomic mass is 16.5. The average molecular weight is 239 g/mol. The number of hydrogen-bond donors (Lipinski definition) is 1. The first kappa shape index (κ1) is 14.0. The van der Waals surface area contributed by atoms with Crippen molar-refractivity contribution in [1.82, 2.24) is 0 Å². The van der Waals surface area contributed by atoms with Crippen molar-refractivity contribution in [2.75, 3.05) is 34.0 Å². The van der Waals surface area contributed by atoms with Gasteiger partial charge < -0.3 is 19.9 Å². The second-order valence-electron chi connectivity index (χ2n) is 3.91. The number of ether oxygens (including phenoxy) is 3. The molecule has 1 atom stereocenters. The van der Waals surface area contributed by atoms with Crippen molar-refractivity contribution in [3.05, 3.63) is 29.8 Å². The van der Waals surface area contributed by atoms with Crippen LogP contribution in [0.25, 0.3) is 0 Å². The minimum Gasteiger partial charge on any atom is -0.492 e. The van der Waals surface area contributed by atoms with Crippen LogP contribution in [0.4, 0.5) is 0 Å². The summed E-state index contributed by atoms with van der Waals surface area (Å²) in [5.41, 5.74) is 7.00. The number of hydrogen-bond acceptors (Lipinski definition) is 4. The summed E-state index contributed by atoms with van der Waals surface area (Å²) in [7, 11) is 3.33. The third-order valence-corrected chi connectivity index (χ3v) is 2.36. The molecule has 1 unspecified atom stereocenters. The van der Waals surface area contributed by atoms with Crippen molar-refractivity contribution in [2.24, 2.45) is 5.73 Å². The summed E-state index contributed by atoms with van der Waals surface area (Å²) >= 11 is 0. The van der Waals surface area contributed by atoms with Gasteiger partial charge in [-0.15, -0.1) is 0 Å². The molecule has 4 heteroatoms. The fraction of sp³-hybridized carbons (Fsp3) is 0.538. The van der Waals surface area contributed by atoms with Crippen molar-refractivity contribution in [1.29, 1.82) is 0 Å². The Labute approximate surface area is 103 Å². The Morgan fingerprint density at radius 3 is 2.35 bits per heavy atom. The molecule has 0 heterocycles. The zero-order chi connectivity index (χ0) is 12.5. The first-order chi connectivity index (χ1) is 8.26. The largest absolute Gasteiger partial charge is 0.492 e. The van der Waals surface area contributed by atoms with Crippen LogP contribution in [0.1, 0.15) is 5.56 Å². The minimum absolute atomic E-state index is 0.0897. The van der Waals surface area contributed by atoms with Crippen LogP contribution in [-0.4, -0.2) is 40.1 Å². The Morgan fingerprint density at radius 1 is 1.06 bits per heavy atom. The Balaban J connectivity index is 2.34. The van der Waals surface area contributed by atoms with Gasteiger partial charge in [0.05, 0.1) is 19.3 Å². The van der Waals surface area contributed by atoms with Crippen LogP contribution >= 0.6 is 0 Å². The Morgan fingerprint density at radius 2 is 1.76 bits per heavy atom. The topological polar surface area (TPSA) is 53.7 Å². The maximum absolute atomic E-state index is 5.76. The molecular formula is C13H21NO3. The summed E-state index contributed by atoms with van der Waals surface area (Å²) < 4.78 is 15.5. The molecule has 0 saturated carbocycles. The third kappa shape index (κ3) is 5.68. The standard InChI is InChI=1S/C13H21NO3/c1-15-8-7-11-3-5-13(6-4-11)17-10-12(14)9-16-2/h3-6,12H,7-10,14H2,1-2H3. The van der Waals surface area contributed by atoms with Crippen LogP contribution in [0.3, 0.4) is 0 Å². The van der Waals surface area contributed by atoms with E-state index in [4.69, 9.17) is 19.9 Å². The van der Waals surface area contributed by atoms with Crippen LogP contribution < -0.4 is 10.5 Å². The molecule has 0 bridgehead atoms. The molecule has 0 fully saturated rings. The molecule has 2 N–H and O–H groups in total. The van der Waals surface area contributed by atoms with E-state index in [1.807, 2.05) is 24.3 Å². The number of rotatable bonds is 8. The SMILES string of the molecule is COCCc1ccc(OCC(N)COC)cc1. The quantitative estimate of drug-likeness (QED) is 0.741. The summed E-state index contributed by atoms with van der Waals surface area (Å²) in [6, 6.07) is 7.88. The Bertz CT molecular complexity index is 300. The lowest BCUT2D eigenvalue weighted by Gasteiger charge is -2.12. The lowest BCUT2D eigenvalue weighted by atomic mass is 10.1. The monoisotopic (exact) mass is 239 g/mol. The van der Waals surface area contributed by atoms with Gasteiger partial charge in [-0.25, -0.2) is 0 Å². The molecule has 0 aliphatic heterocycles. The highest BCUT2D eigenvalue weighted by Crippen LogP contribution is 2.12. The second-order valence-corrected chi connectivity index (χ2v) is 3.91. The van der Waals surface area contributed by atoms with Crippen LogP contribution in [0.15, 0.2) is 24.3 Å². The van der Waals surface area contributed by atoms with Gasteiger partial charge in [0.15, 0.2) is 0 Å². The Kier molecular flexibility index (Phi) is 6.62. The normalized spacial score (nSPS) is 12.4. The third-order valence-electron chi connectivity index (χ3n) is 2.36. The molecule has 1 aromatic carbocycles. The fourth-order valence-electron chi connectivity index (χ4n) is 1.44. The summed E-state index contributed by atoms with van der Waals surface area (Å²) in [4.78, 5) is 0. The van der Waals surface area contributed by atoms with Crippen molar-refractivity contribution < 1.29 is 14.2 Å². The molecule has 0 aliphatic carbocycles. The highest BCUT2D eigenvalue weighted by molar-refractivity contribution is 5.27. The molecule has 0 amide bonds. The predicted molar refractivity (Wildman–Crippen MR) is 67.4 cm³/mol. The summed E-state index contributed by atoms with van der Waals surface area (Å²) in [6.07, 6.45) is 0.917. The summed E-state index contributed by atoms with van der Waals surface area (Å²) in [5.74, 6) is 0.831. The molecular weight excluding hydrogens is 218 g/mol. The van der Waals surface area contributed by atoms with Gasteiger partial charge in [-0.2, -0.15) is 0 Å². The first-order valence-electron chi connectivity index (χ1n) is 5.71. The second kappa shape index (κ2) is 8.06. The van der Waals surface area contributed by atoms with Crippen molar-refractivity contribution in [3.63, 3.8) is 0 Å². The molecule has 4 nitrogen and oxygen atoms in total.